The minimum Gasteiger partial charge on any atom is -0.493 e. The highest BCUT2D eigenvalue weighted by atomic mass is 32.2. The first-order valence-corrected chi connectivity index (χ1v) is 8.26. The Bertz CT molecular complexity index is 792. The second kappa shape index (κ2) is 6.97. The van der Waals surface area contributed by atoms with E-state index in [0.29, 0.717) is 17.1 Å². The smallest absolute Gasteiger partial charge is 0.246 e. The van der Waals surface area contributed by atoms with Gasteiger partial charge in [-0.2, -0.15) is 4.31 Å². The molecule has 0 atom stereocenters. The summed E-state index contributed by atoms with van der Waals surface area (Å²) in [6, 6.07) is 10.4. The van der Waals surface area contributed by atoms with Gasteiger partial charge in [0.2, 0.25) is 10.0 Å². The first-order chi connectivity index (χ1) is 10.9. The zero-order valence-corrected chi connectivity index (χ0v) is 13.9. The lowest BCUT2D eigenvalue weighted by Crippen LogP contribution is -2.27. The molecular weight excluding hydrogens is 321 g/mol. The molecule has 0 saturated heterocycles. The Morgan fingerprint density at radius 3 is 2.30 bits per heavy atom. The molecule has 0 radical (unpaired) electrons. The molecule has 124 valence electrons. The van der Waals surface area contributed by atoms with Crippen molar-refractivity contribution in [2.45, 2.75) is 11.4 Å². The van der Waals surface area contributed by atoms with E-state index >= 15 is 0 Å². The van der Waals surface area contributed by atoms with E-state index in [1.807, 2.05) is 0 Å². The number of benzene rings is 2. The number of halogens is 1. The molecule has 0 aromatic heterocycles. The molecule has 0 unspecified atom stereocenters. The highest BCUT2D eigenvalue weighted by Gasteiger charge is 2.24. The van der Waals surface area contributed by atoms with E-state index in [1.54, 1.807) is 18.2 Å². The van der Waals surface area contributed by atoms with Gasteiger partial charge in [-0.05, 0) is 29.8 Å². The van der Waals surface area contributed by atoms with Crippen LogP contribution in [-0.4, -0.2) is 34.0 Å². The Hall–Kier alpha value is -2.12. The van der Waals surface area contributed by atoms with Crippen LogP contribution in [0.5, 0.6) is 11.5 Å². The molecule has 2 rings (SSSR count). The highest BCUT2D eigenvalue weighted by Crippen LogP contribution is 2.28. The number of sulfonamides is 1. The van der Waals surface area contributed by atoms with Crippen LogP contribution >= 0.6 is 0 Å². The summed E-state index contributed by atoms with van der Waals surface area (Å²) in [5, 5.41) is 0. The summed E-state index contributed by atoms with van der Waals surface area (Å²) in [4.78, 5) is -0.344. The molecule has 0 spiro atoms. The SMILES string of the molecule is COc1ccc(CN(C)S(=O)(=O)c2ccccc2F)cc1OC. The number of hydrogen-bond donors (Lipinski definition) is 0. The fourth-order valence-corrected chi connectivity index (χ4v) is 3.36. The fraction of sp³-hybridized carbons (Fsp3) is 0.250. The van der Waals surface area contributed by atoms with Gasteiger partial charge in [-0.15, -0.1) is 0 Å². The van der Waals surface area contributed by atoms with Crippen molar-refractivity contribution in [2.24, 2.45) is 0 Å². The Balaban J connectivity index is 2.28. The lowest BCUT2D eigenvalue weighted by molar-refractivity contribution is 0.354. The maximum Gasteiger partial charge on any atom is 0.246 e. The zero-order chi connectivity index (χ0) is 17.0. The van der Waals surface area contributed by atoms with Gasteiger partial charge in [0.15, 0.2) is 11.5 Å². The second-order valence-electron chi connectivity index (χ2n) is 4.88. The number of hydrogen-bond acceptors (Lipinski definition) is 4. The largest absolute Gasteiger partial charge is 0.493 e. The van der Waals surface area contributed by atoms with Crippen molar-refractivity contribution in [1.82, 2.24) is 4.31 Å². The van der Waals surface area contributed by atoms with Crippen molar-refractivity contribution >= 4 is 10.0 Å². The number of rotatable bonds is 6. The first kappa shape index (κ1) is 17.2. The quantitative estimate of drug-likeness (QED) is 0.812. The average Bonchev–Trinajstić information content (AvgIpc) is 2.54. The van der Waals surface area contributed by atoms with Crippen LogP contribution in [0.2, 0.25) is 0 Å². The molecule has 0 aliphatic heterocycles. The third-order valence-electron chi connectivity index (χ3n) is 3.38. The second-order valence-corrected chi connectivity index (χ2v) is 6.89. The molecule has 0 bridgehead atoms. The Labute approximate surface area is 135 Å². The summed E-state index contributed by atoms with van der Waals surface area (Å²) in [5.41, 5.74) is 0.699. The molecule has 0 fully saturated rings. The van der Waals surface area contributed by atoms with Crippen LogP contribution in [0.15, 0.2) is 47.4 Å². The Kier molecular flexibility index (Phi) is 5.23. The van der Waals surface area contributed by atoms with Gasteiger partial charge >= 0.3 is 0 Å². The summed E-state index contributed by atoms with van der Waals surface area (Å²) < 4.78 is 50.1. The fourth-order valence-electron chi connectivity index (χ4n) is 2.14. The minimum atomic E-state index is -3.92. The van der Waals surface area contributed by atoms with Crippen LogP contribution in [0.4, 0.5) is 4.39 Å². The van der Waals surface area contributed by atoms with Crippen LogP contribution in [0.25, 0.3) is 0 Å². The molecule has 0 aliphatic carbocycles. The summed E-state index contributed by atoms with van der Waals surface area (Å²) >= 11 is 0. The first-order valence-electron chi connectivity index (χ1n) is 6.82. The molecule has 2 aromatic carbocycles. The third-order valence-corrected chi connectivity index (χ3v) is 5.21. The van der Waals surface area contributed by atoms with E-state index in [9.17, 15) is 12.8 Å². The number of ether oxygens (including phenoxy) is 2. The van der Waals surface area contributed by atoms with Crippen LogP contribution in [-0.2, 0) is 16.6 Å². The zero-order valence-electron chi connectivity index (χ0n) is 13.1. The van der Waals surface area contributed by atoms with Gasteiger partial charge in [0.05, 0.1) is 14.2 Å². The van der Waals surface area contributed by atoms with Crippen LogP contribution in [0, 0.1) is 5.82 Å². The van der Waals surface area contributed by atoms with Crippen LogP contribution in [0.1, 0.15) is 5.56 Å². The monoisotopic (exact) mass is 339 g/mol. The van der Waals surface area contributed by atoms with E-state index < -0.39 is 15.8 Å². The summed E-state index contributed by atoms with van der Waals surface area (Å²) in [6.45, 7) is 0.0804. The molecule has 23 heavy (non-hydrogen) atoms. The molecule has 0 aliphatic rings. The molecule has 0 saturated carbocycles. The molecular formula is C16H18FNO4S. The lowest BCUT2D eigenvalue weighted by atomic mass is 10.2. The lowest BCUT2D eigenvalue weighted by Gasteiger charge is -2.18. The summed E-state index contributed by atoms with van der Waals surface area (Å²) in [7, 11) is 0.506. The van der Waals surface area contributed by atoms with E-state index in [0.717, 1.165) is 10.4 Å². The highest BCUT2D eigenvalue weighted by molar-refractivity contribution is 7.89. The Morgan fingerprint density at radius 2 is 1.70 bits per heavy atom. The number of methoxy groups -OCH3 is 2. The number of nitrogens with zero attached hydrogens (tertiary/aromatic N) is 1. The third kappa shape index (κ3) is 3.62. The van der Waals surface area contributed by atoms with Crippen molar-refractivity contribution in [3.63, 3.8) is 0 Å². The van der Waals surface area contributed by atoms with Gasteiger partial charge in [-0.1, -0.05) is 18.2 Å². The average molecular weight is 339 g/mol. The maximum atomic E-state index is 13.8. The van der Waals surface area contributed by atoms with Crippen molar-refractivity contribution in [1.29, 1.82) is 0 Å². The van der Waals surface area contributed by atoms with Crippen LogP contribution < -0.4 is 9.47 Å². The van der Waals surface area contributed by atoms with Gasteiger partial charge in [0.25, 0.3) is 0 Å². The molecule has 0 N–H and O–H groups in total. The van der Waals surface area contributed by atoms with E-state index in [1.165, 1.54) is 39.5 Å². The van der Waals surface area contributed by atoms with E-state index in [4.69, 9.17) is 9.47 Å². The molecule has 7 heteroatoms. The topological polar surface area (TPSA) is 55.8 Å². The van der Waals surface area contributed by atoms with Gasteiger partial charge in [0.1, 0.15) is 10.7 Å². The molecule has 0 heterocycles. The van der Waals surface area contributed by atoms with Gasteiger partial charge in [-0.25, -0.2) is 12.8 Å². The van der Waals surface area contributed by atoms with Gasteiger partial charge in [-0.3, -0.25) is 0 Å². The van der Waals surface area contributed by atoms with Gasteiger partial charge in [0, 0.05) is 13.6 Å². The normalized spacial score (nSPS) is 11.5. The maximum absolute atomic E-state index is 13.8. The van der Waals surface area contributed by atoms with E-state index in [2.05, 4.69) is 0 Å². The minimum absolute atomic E-state index is 0.0804. The Morgan fingerprint density at radius 1 is 1.04 bits per heavy atom. The summed E-state index contributed by atoms with van der Waals surface area (Å²) in [6.07, 6.45) is 0. The van der Waals surface area contributed by atoms with Crippen molar-refractivity contribution in [3.05, 3.63) is 53.8 Å². The molecule has 5 nitrogen and oxygen atoms in total. The van der Waals surface area contributed by atoms with Gasteiger partial charge < -0.3 is 9.47 Å². The predicted octanol–water partition coefficient (Wildman–Crippen LogP) is 2.66. The van der Waals surface area contributed by atoms with E-state index in [-0.39, 0.29) is 11.4 Å². The molecule has 2 aromatic rings. The summed E-state index contributed by atoms with van der Waals surface area (Å²) in [5.74, 6) is 0.282. The van der Waals surface area contributed by atoms with Crippen LogP contribution in [0.3, 0.4) is 0 Å². The van der Waals surface area contributed by atoms with Crippen molar-refractivity contribution < 1.29 is 22.3 Å². The standard InChI is InChI=1S/C16H18FNO4S/c1-18(23(19,20)16-7-5-4-6-13(16)17)11-12-8-9-14(21-2)15(10-12)22-3/h4-10H,11H2,1-3H3. The molecule has 0 amide bonds. The van der Waals surface area contributed by atoms with Crippen molar-refractivity contribution in [3.8, 4) is 11.5 Å². The van der Waals surface area contributed by atoms with Crippen molar-refractivity contribution in [2.75, 3.05) is 21.3 Å². The predicted molar refractivity (Wildman–Crippen MR) is 84.6 cm³/mol.